The molecule has 3 aromatic rings. The van der Waals surface area contributed by atoms with Crippen LogP contribution in [0.3, 0.4) is 0 Å². The summed E-state index contributed by atoms with van der Waals surface area (Å²) in [6, 6.07) is 13.7. The lowest BCUT2D eigenvalue weighted by molar-refractivity contribution is -0.118. The molecule has 0 atom stereocenters. The van der Waals surface area contributed by atoms with Gasteiger partial charge in [-0.2, -0.15) is 0 Å². The Labute approximate surface area is 173 Å². The molecule has 0 unspecified atom stereocenters. The zero-order valence-corrected chi connectivity index (χ0v) is 16.8. The number of ether oxygens (including phenoxy) is 2. The van der Waals surface area contributed by atoms with E-state index in [0.29, 0.717) is 17.1 Å². The Morgan fingerprint density at radius 2 is 1.60 bits per heavy atom. The van der Waals surface area contributed by atoms with Gasteiger partial charge in [-0.1, -0.05) is 0 Å². The first kappa shape index (κ1) is 20.8. The van der Waals surface area contributed by atoms with Gasteiger partial charge in [0.1, 0.15) is 17.7 Å². The third-order valence-electron chi connectivity index (χ3n) is 3.63. The summed E-state index contributed by atoms with van der Waals surface area (Å²) in [5.74, 6) is 0.228. The zero-order valence-electron chi connectivity index (χ0n) is 16.8. The number of carbonyl (C=O) groups excluding carboxylic acids is 2. The molecule has 0 aliphatic heterocycles. The van der Waals surface area contributed by atoms with E-state index in [-0.39, 0.29) is 12.5 Å². The molecule has 0 radical (unpaired) electrons. The fourth-order valence-corrected chi connectivity index (χ4v) is 2.38. The van der Waals surface area contributed by atoms with Crippen molar-refractivity contribution < 1.29 is 19.1 Å². The van der Waals surface area contributed by atoms with Crippen molar-refractivity contribution in [1.29, 1.82) is 0 Å². The largest absolute Gasteiger partial charge is 0.484 e. The summed E-state index contributed by atoms with van der Waals surface area (Å²) in [6.45, 7) is 5.21. The van der Waals surface area contributed by atoms with E-state index in [1.54, 1.807) is 69.3 Å². The standard InChI is InChI=1S/C20H22N6O4/c1-20(2,3)30-19(28)23-15-6-4-14(5-7-15)22-18(27)12-29-17-10-8-16(9-11-17)26-13-21-24-25-26/h4-11,13H,12H2,1-3H3,(H,22,27)(H,23,28). The van der Waals surface area contributed by atoms with Crippen LogP contribution in [0.4, 0.5) is 16.2 Å². The van der Waals surface area contributed by atoms with Gasteiger partial charge in [0.25, 0.3) is 5.91 Å². The number of rotatable bonds is 6. The van der Waals surface area contributed by atoms with Gasteiger partial charge in [0.2, 0.25) is 0 Å². The Morgan fingerprint density at radius 3 is 2.17 bits per heavy atom. The Balaban J connectivity index is 1.46. The molecule has 0 aliphatic rings. The van der Waals surface area contributed by atoms with Gasteiger partial charge >= 0.3 is 6.09 Å². The maximum atomic E-state index is 12.1. The molecule has 0 aliphatic carbocycles. The third kappa shape index (κ3) is 6.30. The van der Waals surface area contributed by atoms with Gasteiger partial charge in [0.15, 0.2) is 6.61 Å². The highest BCUT2D eigenvalue weighted by Crippen LogP contribution is 2.17. The van der Waals surface area contributed by atoms with Gasteiger partial charge in [-0.25, -0.2) is 9.48 Å². The van der Waals surface area contributed by atoms with Crippen LogP contribution in [0, 0.1) is 0 Å². The molecule has 30 heavy (non-hydrogen) atoms. The van der Waals surface area contributed by atoms with Gasteiger partial charge in [-0.3, -0.25) is 10.1 Å². The maximum Gasteiger partial charge on any atom is 0.412 e. The number of hydrogen-bond donors (Lipinski definition) is 2. The molecule has 2 N–H and O–H groups in total. The molecule has 0 spiro atoms. The number of nitrogens with one attached hydrogen (secondary N) is 2. The predicted octanol–water partition coefficient (Wildman–Crippen LogP) is 3.03. The van der Waals surface area contributed by atoms with E-state index in [1.165, 1.54) is 11.0 Å². The fourth-order valence-electron chi connectivity index (χ4n) is 2.38. The molecule has 2 aromatic carbocycles. The molecular formula is C20H22N6O4. The smallest absolute Gasteiger partial charge is 0.412 e. The van der Waals surface area contributed by atoms with Gasteiger partial charge < -0.3 is 14.8 Å². The summed E-state index contributed by atoms with van der Waals surface area (Å²) in [5, 5.41) is 16.3. The molecule has 10 heteroatoms. The average molecular weight is 410 g/mol. The van der Waals surface area contributed by atoms with Crippen molar-refractivity contribution in [2.75, 3.05) is 17.2 Å². The first-order valence-corrected chi connectivity index (χ1v) is 9.15. The predicted molar refractivity (Wildman–Crippen MR) is 110 cm³/mol. The van der Waals surface area contributed by atoms with Crippen LogP contribution >= 0.6 is 0 Å². The van der Waals surface area contributed by atoms with Crippen LogP contribution in [-0.2, 0) is 9.53 Å². The Hall–Kier alpha value is -3.95. The highest BCUT2D eigenvalue weighted by atomic mass is 16.6. The summed E-state index contributed by atoms with van der Waals surface area (Å²) < 4.78 is 12.2. The Morgan fingerprint density at radius 1 is 0.967 bits per heavy atom. The summed E-state index contributed by atoms with van der Waals surface area (Å²) in [5.41, 5.74) is 1.33. The number of anilines is 2. The average Bonchev–Trinajstić information content (AvgIpc) is 3.22. The summed E-state index contributed by atoms with van der Waals surface area (Å²) in [7, 11) is 0. The van der Waals surface area contributed by atoms with Gasteiger partial charge in [0, 0.05) is 11.4 Å². The molecule has 0 saturated carbocycles. The molecule has 0 saturated heterocycles. The number of nitrogens with zero attached hydrogens (tertiary/aromatic N) is 4. The monoisotopic (exact) mass is 410 g/mol. The quantitative estimate of drug-likeness (QED) is 0.641. The number of tetrazole rings is 1. The normalized spacial score (nSPS) is 10.9. The van der Waals surface area contributed by atoms with E-state index in [9.17, 15) is 9.59 Å². The van der Waals surface area contributed by atoms with Crippen LogP contribution in [0.2, 0.25) is 0 Å². The fraction of sp³-hybridized carbons (Fsp3) is 0.250. The molecule has 1 aromatic heterocycles. The highest BCUT2D eigenvalue weighted by Gasteiger charge is 2.16. The maximum absolute atomic E-state index is 12.1. The van der Waals surface area contributed by atoms with Gasteiger partial charge in [-0.05, 0) is 79.7 Å². The zero-order chi connectivity index (χ0) is 21.6. The lowest BCUT2D eigenvalue weighted by Crippen LogP contribution is -2.27. The van der Waals surface area contributed by atoms with Crippen molar-refractivity contribution in [2.45, 2.75) is 26.4 Å². The van der Waals surface area contributed by atoms with Gasteiger partial charge in [-0.15, -0.1) is 5.10 Å². The number of benzene rings is 2. The second kappa shape index (κ2) is 9.03. The minimum atomic E-state index is -0.577. The number of aromatic nitrogens is 4. The number of hydrogen-bond acceptors (Lipinski definition) is 7. The first-order chi connectivity index (χ1) is 14.3. The number of amides is 2. The van der Waals surface area contributed by atoms with E-state index < -0.39 is 11.7 Å². The molecule has 3 rings (SSSR count). The molecule has 156 valence electrons. The van der Waals surface area contributed by atoms with Crippen LogP contribution in [0.25, 0.3) is 5.69 Å². The van der Waals surface area contributed by atoms with Crippen LogP contribution < -0.4 is 15.4 Å². The van der Waals surface area contributed by atoms with E-state index in [1.807, 2.05) is 0 Å². The van der Waals surface area contributed by atoms with E-state index in [4.69, 9.17) is 9.47 Å². The summed E-state index contributed by atoms with van der Waals surface area (Å²) in [4.78, 5) is 23.9. The topological polar surface area (TPSA) is 120 Å². The second-order valence-electron chi connectivity index (χ2n) is 7.29. The second-order valence-corrected chi connectivity index (χ2v) is 7.29. The lowest BCUT2D eigenvalue weighted by Gasteiger charge is -2.19. The number of carbonyl (C=O) groups is 2. The van der Waals surface area contributed by atoms with E-state index >= 15 is 0 Å². The van der Waals surface area contributed by atoms with Crippen molar-refractivity contribution >= 4 is 23.4 Å². The van der Waals surface area contributed by atoms with Crippen molar-refractivity contribution in [1.82, 2.24) is 20.2 Å². The first-order valence-electron chi connectivity index (χ1n) is 9.15. The van der Waals surface area contributed by atoms with Crippen LogP contribution in [0.1, 0.15) is 20.8 Å². The Kier molecular flexibility index (Phi) is 6.26. The van der Waals surface area contributed by atoms with Crippen LogP contribution in [0.5, 0.6) is 5.75 Å². The summed E-state index contributed by atoms with van der Waals surface area (Å²) in [6.07, 6.45) is 0.941. The van der Waals surface area contributed by atoms with Crippen LogP contribution in [-0.4, -0.2) is 44.4 Å². The Bertz CT molecular complexity index is 980. The van der Waals surface area contributed by atoms with E-state index in [2.05, 4.69) is 26.2 Å². The molecule has 0 bridgehead atoms. The van der Waals surface area contributed by atoms with Crippen molar-refractivity contribution in [3.8, 4) is 11.4 Å². The van der Waals surface area contributed by atoms with Gasteiger partial charge in [0.05, 0.1) is 5.69 Å². The van der Waals surface area contributed by atoms with Crippen molar-refractivity contribution in [3.63, 3.8) is 0 Å². The molecular weight excluding hydrogens is 388 g/mol. The molecule has 0 fully saturated rings. The highest BCUT2D eigenvalue weighted by molar-refractivity contribution is 5.92. The minimum Gasteiger partial charge on any atom is -0.484 e. The lowest BCUT2D eigenvalue weighted by atomic mass is 10.2. The minimum absolute atomic E-state index is 0.151. The molecule has 10 nitrogen and oxygen atoms in total. The van der Waals surface area contributed by atoms with E-state index in [0.717, 1.165) is 5.69 Å². The summed E-state index contributed by atoms with van der Waals surface area (Å²) >= 11 is 0. The SMILES string of the molecule is CC(C)(C)OC(=O)Nc1ccc(NC(=O)COc2ccc(-n3cnnn3)cc2)cc1. The molecule has 2 amide bonds. The molecule has 1 heterocycles. The van der Waals surface area contributed by atoms with Crippen LogP contribution in [0.15, 0.2) is 54.9 Å². The van der Waals surface area contributed by atoms with Crippen molar-refractivity contribution in [2.24, 2.45) is 0 Å². The van der Waals surface area contributed by atoms with Crippen molar-refractivity contribution in [3.05, 3.63) is 54.9 Å². The third-order valence-corrected chi connectivity index (χ3v) is 3.63.